The lowest BCUT2D eigenvalue weighted by Crippen LogP contribution is -2.08. The number of hydrogen-bond acceptors (Lipinski definition) is 1. The molecule has 0 aliphatic rings. The highest BCUT2D eigenvalue weighted by Crippen LogP contribution is 2.17. The van der Waals surface area contributed by atoms with Crippen LogP contribution in [0.15, 0.2) is 24.3 Å². The first-order chi connectivity index (χ1) is 7.29. The molecule has 0 atom stereocenters. The molecule has 2 nitrogen and oxygen atoms in total. The molecule has 0 spiro atoms. The third-order valence-electron chi connectivity index (χ3n) is 2.70. The molecule has 15 heavy (non-hydrogen) atoms. The van der Waals surface area contributed by atoms with Crippen LogP contribution in [0.5, 0.6) is 0 Å². The van der Waals surface area contributed by atoms with Gasteiger partial charge in [-0.2, -0.15) is 0 Å². The highest BCUT2D eigenvalue weighted by Gasteiger charge is 2.00. The van der Waals surface area contributed by atoms with Crippen LogP contribution in [0.3, 0.4) is 0 Å². The summed E-state index contributed by atoms with van der Waals surface area (Å²) in [4.78, 5) is 3.45. The summed E-state index contributed by atoms with van der Waals surface area (Å²) in [5, 5.41) is 4.50. The van der Waals surface area contributed by atoms with Crippen LogP contribution in [-0.4, -0.2) is 18.6 Å². The van der Waals surface area contributed by atoms with Crippen molar-refractivity contribution in [2.45, 2.75) is 19.8 Å². The van der Waals surface area contributed by atoms with Gasteiger partial charge in [0, 0.05) is 11.2 Å². The van der Waals surface area contributed by atoms with E-state index < -0.39 is 0 Å². The quantitative estimate of drug-likeness (QED) is 0.733. The van der Waals surface area contributed by atoms with Gasteiger partial charge in [-0.25, -0.2) is 0 Å². The lowest BCUT2D eigenvalue weighted by atomic mass is 10.1. The van der Waals surface area contributed by atoms with Gasteiger partial charge in [-0.1, -0.05) is 11.6 Å². The predicted molar refractivity (Wildman–Crippen MR) is 65.3 cm³/mol. The van der Waals surface area contributed by atoms with Crippen LogP contribution in [0.1, 0.15) is 17.7 Å². The summed E-state index contributed by atoms with van der Waals surface area (Å²) in [6.07, 6.45) is 2.30. The maximum Gasteiger partial charge on any atom is 0.0456 e. The minimum atomic E-state index is 1.08. The molecule has 1 aromatic carbocycles. The molecule has 0 fully saturated rings. The second-order valence-electron chi connectivity index (χ2n) is 4.09. The van der Waals surface area contributed by atoms with Gasteiger partial charge in [0.2, 0.25) is 0 Å². The summed E-state index contributed by atoms with van der Waals surface area (Å²) in [5.74, 6) is 0. The molecule has 2 heteroatoms. The molecule has 0 aliphatic heterocycles. The smallest absolute Gasteiger partial charge is 0.0456 e. The molecule has 1 aromatic heterocycles. The van der Waals surface area contributed by atoms with Gasteiger partial charge in [0.15, 0.2) is 0 Å². The first kappa shape index (κ1) is 10.2. The Balaban J connectivity index is 2.16. The van der Waals surface area contributed by atoms with Crippen molar-refractivity contribution in [2.24, 2.45) is 0 Å². The van der Waals surface area contributed by atoms with Gasteiger partial charge >= 0.3 is 0 Å². The zero-order valence-electron chi connectivity index (χ0n) is 9.43. The Morgan fingerprint density at radius 1 is 1.27 bits per heavy atom. The molecule has 1 heterocycles. The Morgan fingerprint density at radius 3 is 2.93 bits per heavy atom. The van der Waals surface area contributed by atoms with Crippen molar-refractivity contribution in [3.63, 3.8) is 0 Å². The standard InChI is InChI=1S/C13H18N2/c1-10-5-6-13-11(8-10)9-12(15-13)4-3-7-14-2/h5-6,8-9,14-15H,3-4,7H2,1-2H3. The zero-order chi connectivity index (χ0) is 10.7. The Morgan fingerprint density at radius 2 is 2.13 bits per heavy atom. The van der Waals surface area contributed by atoms with Gasteiger partial charge in [0.1, 0.15) is 0 Å². The highest BCUT2D eigenvalue weighted by atomic mass is 14.8. The minimum absolute atomic E-state index is 1.08. The van der Waals surface area contributed by atoms with Crippen molar-refractivity contribution in [1.29, 1.82) is 0 Å². The predicted octanol–water partition coefficient (Wildman–Crippen LogP) is 2.63. The summed E-state index contributed by atoms with van der Waals surface area (Å²) in [6.45, 7) is 3.21. The highest BCUT2D eigenvalue weighted by molar-refractivity contribution is 5.81. The third kappa shape index (κ3) is 2.39. The van der Waals surface area contributed by atoms with Gasteiger partial charge in [-0.3, -0.25) is 0 Å². The number of hydrogen-bond donors (Lipinski definition) is 2. The Labute approximate surface area is 90.7 Å². The number of nitrogens with one attached hydrogen (secondary N) is 2. The van der Waals surface area contributed by atoms with E-state index in [0.29, 0.717) is 0 Å². The van der Waals surface area contributed by atoms with Crippen LogP contribution < -0.4 is 5.32 Å². The molecule has 0 radical (unpaired) electrons. The average Bonchev–Trinajstić information content (AvgIpc) is 2.60. The molecule has 0 amide bonds. The van der Waals surface area contributed by atoms with Crippen LogP contribution in [0.25, 0.3) is 10.9 Å². The number of rotatable bonds is 4. The van der Waals surface area contributed by atoms with Crippen LogP contribution in [0, 0.1) is 6.92 Å². The van der Waals surface area contributed by atoms with E-state index in [0.717, 1.165) is 13.0 Å². The summed E-state index contributed by atoms with van der Waals surface area (Å²) in [5.41, 5.74) is 3.91. The number of aromatic amines is 1. The monoisotopic (exact) mass is 202 g/mol. The van der Waals surface area contributed by atoms with Crippen LogP contribution in [-0.2, 0) is 6.42 Å². The molecule has 0 bridgehead atoms. The van der Waals surface area contributed by atoms with Gasteiger partial charge in [-0.05, 0) is 56.9 Å². The second kappa shape index (κ2) is 4.49. The van der Waals surface area contributed by atoms with E-state index in [1.807, 2.05) is 7.05 Å². The molecular weight excluding hydrogens is 184 g/mol. The van der Waals surface area contributed by atoms with E-state index in [9.17, 15) is 0 Å². The molecule has 2 aromatic rings. The Hall–Kier alpha value is -1.28. The molecule has 80 valence electrons. The number of benzene rings is 1. The van der Waals surface area contributed by atoms with E-state index in [1.54, 1.807) is 0 Å². The van der Waals surface area contributed by atoms with E-state index >= 15 is 0 Å². The van der Waals surface area contributed by atoms with Crippen LogP contribution >= 0.6 is 0 Å². The fourth-order valence-corrected chi connectivity index (χ4v) is 1.90. The molecule has 0 saturated heterocycles. The van der Waals surface area contributed by atoms with Crippen molar-refractivity contribution < 1.29 is 0 Å². The lowest BCUT2D eigenvalue weighted by molar-refractivity contribution is 0.718. The maximum absolute atomic E-state index is 3.45. The number of H-pyrrole nitrogens is 1. The Bertz CT molecular complexity index is 443. The fourth-order valence-electron chi connectivity index (χ4n) is 1.90. The van der Waals surface area contributed by atoms with Gasteiger partial charge < -0.3 is 10.3 Å². The number of aryl methyl sites for hydroxylation is 2. The van der Waals surface area contributed by atoms with Crippen molar-refractivity contribution in [2.75, 3.05) is 13.6 Å². The second-order valence-corrected chi connectivity index (χ2v) is 4.09. The summed E-state index contributed by atoms with van der Waals surface area (Å²) >= 11 is 0. The topological polar surface area (TPSA) is 27.8 Å². The van der Waals surface area contributed by atoms with Crippen molar-refractivity contribution in [3.8, 4) is 0 Å². The van der Waals surface area contributed by atoms with Gasteiger partial charge in [0.05, 0.1) is 0 Å². The van der Waals surface area contributed by atoms with E-state index in [-0.39, 0.29) is 0 Å². The Kier molecular flexibility index (Phi) is 3.07. The molecule has 0 unspecified atom stereocenters. The molecule has 0 saturated carbocycles. The molecule has 2 rings (SSSR count). The van der Waals surface area contributed by atoms with Crippen molar-refractivity contribution >= 4 is 10.9 Å². The SMILES string of the molecule is CNCCCc1cc2cc(C)ccc2[nH]1. The normalized spacial score (nSPS) is 11.1. The van der Waals surface area contributed by atoms with Crippen LogP contribution in [0.2, 0.25) is 0 Å². The molecular formula is C13H18N2. The zero-order valence-corrected chi connectivity index (χ0v) is 9.43. The largest absolute Gasteiger partial charge is 0.358 e. The average molecular weight is 202 g/mol. The minimum Gasteiger partial charge on any atom is -0.358 e. The van der Waals surface area contributed by atoms with Crippen molar-refractivity contribution in [1.82, 2.24) is 10.3 Å². The molecule has 0 aliphatic carbocycles. The maximum atomic E-state index is 3.45. The molecule has 2 N–H and O–H groups in total. The van der Waals surface area contributed by atoms with E-state index in [2.05, 4.69) is 41.5 Å². The number of fused-ring (bicyclic) bond motifs is 1. The third-order valence-corrected chi connectivity index (χ3v) is 2.70. The number of aromatic nitrogens is 1. The first-order valence-electron chi connectivity index (χ1n) is 5.52. The van der Waals surface area contributed by atoms with Gasteiger partial charge in [-0.15, -0.1) is 0 Å². The first-order valence-corrected chi connectivity index (χ1v) is 5.52. The fraction of sp³-hybridized carbons (Fsp3) is 0.385. The van der Waals surface area contributed by atoms with E-state index in [4.69, 9.17) is 0 Å². The van der Waals surface area contributed by atoms with Crippen LogP contribution in [0.4, 0.5) is 0 Å². The van der Waals surface area contributed by atoms with E-state index in [1.165, 1.54) is 28.6 Å². The van der Waals surface area contributed by atoms with Gasteiger partial charge in [0.25, 0.3) is 0 Å². The lowest BCUT2D eigenvalue weighted by Gasteiger charge is -1.96. The summed E-state index contributed by atoms with van der Waals surface area (Å²) in [7, 11) is 1.99. The summed E-state index contributed by atoms with van der Waals surface area (Å²) in [6, 6.07) is 8.80. The summed E-state index contributed by atoms with van der Waals surface area (Å²) < 4.78 is 0. The van der Waals surface area contributed by atoms with Crippen molar-refractivity contribution in [3.05, 3.63) is 35.5 Å².